The molecule has 0 bridgehead atoms. The molecule has 3 rings (SSSR count). The Kier molecular flexibility index (Phi) is 2.84. The van der Waals surface area contributed by atoms with Crippen LogP contribution in [0.4, 0.5) is 13.2 Å². The van der Waals surface area contributed by atoms with Crippen LogP contribution < -0.4 is 10.3 Å². The highest BCUT2D eigenvalue weighted by molar-refractivity contribution is 5.46. The molecule has 1 aromatic heterocycles. The van der Waals surface area contributed by atoms with Crippen LogP contribution in [0.5, 0.6) is 5.75 Å². The van der Waals surface area contributed by atoms with E-state index in [1.54, 1.807) is 6.07 Å². The third kappa shape index (κ3) is 2.56. The zero-order chi connectivity index (χ0) is 14.3. The molecule has 0 aliphatic heterocycles. The number of H-pyrrole nitrogens is 1. The lowest BCUT2D eigenvalue weighted by Crippen LogP contribution is -2.20. The first-order chi connectivity index (χ1) is 9.44. The van der Waals surface area contributed by atoms with Crippen LogP contribution in [0.3, 0.4) is 0 Å². The van der Waals surface area contributed by atoms with Gasteiger partial charge in [0.25, 0.3) is 5.56 Å². The van der Waals surface area contributed by atoms with Gasteiger partial charge in [-0.05, 0) is 25.0 Å². The fraction of sp³-hybridized carbons (Fsp3) is 0.308. The van der Waals surface area contributed by atoms with Crippen molar-refractivity contribution in [2.24, 2.45) is 0 Å². The van der Waals surface area contributed by atoms with Gasteiger partial charge in [0, 0.05) is 17.7 Å². The molecular formula is C13H11F3N2O2. The average molecular weight is 284 g/mol. The summed E-state index contributed by atoms with van der Waals surface area (Å²) in [7, 11) is 0. The summed E-state index contributed by atoms with van der Waals surface area (Å²) >= 11 is 0. The van der Waals surface area contributed by atoms with E-state index >= 15 is 0 Å². The highest BCUT2D eigenvalue weighted by atomic mass is 19.4. The number of para-hydroxylation sites is 2. The second-order valence-corrected chi connectivity index (χ2v) is 4.67. The Bertz CT molecular complexity index is 683. The summed E-state index contributed by atoms with van der Waals surface area (Å²) < 4.78 is 42.1. The number of aromatic amines is 1. The molecule has 106 valence electrons. The van der Waals surface area contributed by atoms with E-state index in [4.69, 9.17) is 0 Å². The molecule has 1 fully saturated rings. The maximum Gasteiger partial charge on any atom is 0.573 e. The van der Waals surface area contributed by atoms with Crippen LogP contribution in [-0.2, 0) is 0 Å². The molecule has 1 N–H and O–H groups in total. The summed E-state index contributed by atoms with van der Waals surface area (Å²) in [6.07, 6.45) is -2.83. The van der Waals surface area contributed by atoms with Gasteiger partial charge < -0.3 is 4.74 Å². The summed E-state index contributed by atoms with van der Waals surface area (Å²) in [6.45, 7) is 0. The Labute approximate surface area is 111 Å². The van der Waals surface area contributed by atoms with E-state index in [1.807, 2.05) is 0 Å². The van der Waals surface area contributed by atoms with Gasteiger partial charge in [0.15, 0.2) is 5.75 Å². The summed E-state index contributed by atoms with van der Waals surface area (Å²) in [5.74, 6) is -0.106. The van der Waals surface area contributed by atoms with Crippen molar-refractivity contribution in [1.82, 2.24) is 9.78 Å². The minimum Gasteiger partial charge on any atom is -0.403 e. The number of nitrogens with one attached hydrogen (secondary N) is 1. The minimum absolute atomic E-state index is 0.0433. The normalized spacial score (nSPS) is 15.3. The molecule has 1 aliphatic rings. The third-order valence-electron chi connectivity index (χ3n) is 3.09. The molecular weight excluding hydrogens is 273 g/mol. The number of halogens is 3. The molecule has 4 nitrogen and oxygen atoms in total. The predicted molar refractivity (Wildman–Crippen MR) is 65.0 cm³/mol. The molecule has 2 aromatic rings. The Morgan fingerprint density at radius 1 is 1.25 bits per heavy atom. The van der Waals surface area contributed by atoms with Gasteiger partial charge in [-0.15, -0.1) is 13.2 Å². The second kappa shape index (κ2) is 4.43. The highest BCUT2D eigenvalue weighted by Gasteiger charge is 2.33. The highest BCUT2D eigenvalue weighted by Crippen LogP contribution is 2.38. The summed E-state index contributed by atoms with van der Waals surface area (Å²) in [6, 6.07) is 6.95. The molecule has 20 heavy (non-hydrogen) atoms. The Balaban J connectivity index is 2.03. The zero-order valence-corrected chi connectivity index (χ0v) is 10.3. The van der Waals surface area contributed by atoms with Crippen LogP contribution in [0.1, 0.15) is 24.5 Å². The van der Waals surface area contributed by atoms with Crippen LogP contribution in [0, 0.1) is 0 Å². The van der Waals surface area contributed by atoms with Gasteiger partial charge in [-0.2, -0.15) is 0 Å². The summed E-state index contributed by atoms with van der Waals surface area (Å²) in [5, 5.41) is 2.84. The molecule has 0 spiro atoms. The number of hydrogen-bond acceptors (Lipinski definition) is 2. The van der Waals surface area contributed by atoms with Crippen LogP contribution in [0.25, 0.3) is 5.69 Å². The van der Waals surface area contributed by atoms with Gasteiger partial charge in [0.1, 0.15) is 5.69 Å². The zero-order valence-electron chi connectivity index (χ0n) is 10.3. The van der Waals surface area contributed by atoms with Crippen LogP contribution >= 0.6 is 0 Å². The first-order valence-electron chi connectivity index (χ1n) is 6.11. The van der Waals surface area contributed by atoms with Crippen LogP contribution in [0.15, 0.2) is 35.1 Å². The molecule has 0 saturated heterocycles. The number of hydrogen-bond donors (Lipinski definition) is 1. The maximum absolute atomic E-state index is 12.4. The van der Waals surface area contributed by atoms with Crippen molar-refractivity contribution in [3.05, 3.63) is 46.4 Å². The van der Waals surface area contributed by atoms with Crippen LogP contribution in [-0.4, -0.2) is 16.1 Å². The molecule has 0 unspecified atom stereocenters. The molecule has 1 saturated carbocycles. The van der Waals surface area contributed by atoms with Crippen molar-refractivity contribution < 1.29 is 17.9 Å². The summed E-state index contributed by atoms with van der Waals surface area (Å²) in [4.78, 5) is 11.9. The Morgan fingerprint density at radius 3 is 2.60 bits per heavy atom. The SMILES string of the molecule is O=c1cc(C2CC2)[nH]n1-c1ccccc1OC(F)(F)F. The smallest absolute Gasteiger partial charge is 0.403 e. The summed E-state index contributed by atoms with van der Waals surface area (Å²) in [5.41, 5.74) is 0.392. The standard InChI is InChI=1S/C13H11F3N2O2/c14-13(15,16)20-11-4-2-1-3-10(11)18-12(19)7-9(17-18)8-5-6-8/h1-4,7-8,17H,5-6H2. The molecule has 1 aliphatic carbocycles. The Morgan fingerprint density at radius 2 is 1.95 bits per heavy atom. The molecule has 0 atom stereocenters. The van der Waals surface area contributed by atoms with Crippen LogP contribution in [0.2, 0.25) is 0 Å². The number of benzene rings is 1. The third-order valence-corrected chi connectivity index (χ3v) is 3.09. The molecule has 7 heteroatoms. The molecule has 1 heterocycles. The van der Waals surface area contributed by atoms with Gasteiger partial charge in [0.2, 0.25) is 0 Å². The van der Waals surface area contributed by atoms with Crippen molar-refractivity contribution in [3.63, 3.8) is 0 Å². The van der Waals surface area contributed by atoms with E-state index < -0.39 is 17.7 Å². The van der Waals surface area contributed by atoms with E-state index in [2.05, 4.69) is 9.84 Å². The molecule has 0 amide bonds. The van der Waals surface area contributed by atoms with E-state index in [1.165, 1.54) is 24.3 Å². The van der Waals surface area contributed by atoms with Crippen molar-refractivity contribution >= 4 is 0 Å². The number of alkyl halides is 3. The van der Waals surface area contributed by atoms with Gasteiger partial charge in [-0.3, -0.25) is 9.89 Å². The van der Waals surface area contributed by atoms with Gasteiger partial charge in [0.05, 0.1) is 0 Å². The van der Waals surface area contributed by atoms with Gasteiger partial charge in [-0.1, -0.05) is 12.1 Å². The number of nitrogens with zero attached hydrogens (tertiary/aromatic N) is 1. The monoisotopic (exact) mass is 284 g/mol. The lowest BCUT2D eigenvalue weighted by Gasteiger charge is -2.13. The van der Waals surface area contributed by atoms with Crippen molar-refractivity contribution in [2.75, 3.05) is 0 Å². The minimum atomic E-state index is -4.80. The van der Waals surface area contributed by atoms with Crippen molar-refractivity contribution in [1.29, 1.82) is 0 Å². The van der Waals surface area contributed by atoms with Crippen molar-refractivity contribution in [2.45, 2.75) is 25.1 Å². The number of ether oxygens (including phenoxy) is 1. The topological polar surface area (TPSA) is 47.0 Å². The van der Waals surface area contributed by atoms with Gasteiger partial charge in [-0.25, -0.2) is 4.68 Å². The fourth-order valence-corrected chi connectivity index (χ4v) is 2.05. The first kappa shape index (κ1) is 12.8. The Hall–Kier alpha value is -2.18. The van der Waals surface area contributed by atoms with E-state index in [-0.39, 0.29) is 5.69 Å². The quantitative estimate of drug-likeness (QED) is 0.942. The lowest BCUT2D eigenvalue weighted by molar-refractivity contribution is -0.274. The first-order valence-corrected chi connectivity index (χ1v) is 6.11. The average Bonchev–Trinajstić information content (AvgIpc) is 3.12. The lowest BCUT2D eigenvalue weighted by atomic mass is 10.3. The molecule has 0 radical (unpaired) electrons. The van der Waals surface area contributed by atoms with Crippen molar-refractivity contribution in [3.8, 4) is 11.4 Å². The van der Waals surface area contributed by atoms with E-state index in [0.29, 0.717) is 5.92 Å². The number of aromatic nitrogens is 2. The maximum atomic E-state index is 12.4. The predicted octanol–water partition coefficient (Wildman–Crippen LogP) is 2.94. The van der Waals surface area contributed by atoms with Gasteiger partial charge >= 0.3 is 6.36 Å². The largest absolute Gasteiger partial charge is 0.573 e. The fourth-order valence-electron chi connectivity index (χ4n) is 2.05. The molecule has 1 aromatic carbocycles. The van der Waals surface area contributed by atoms with E-state index in [0.717, 1.165) is 23.2 Å². The van der Waals surface area contributed by atoms with E-state index in [9.17, 15) is 18.0 Å². The second-order valence-electron chi connectivity index (χ2n) is 4.67. The number of rotatable bonds is 3.